The van der Waals surface area contributed by atoms with Crippen molar-refractivity contribution in [3.8, 4) is 11.5 Å². The summed E-state index contributed by atoms with van der Waals surface area (Å²) >= 11 is 0. The lowest BCUT2D eigenvalue weighted by atomic mass is 10.1. The summed E-state index contributed by atoms with van der Waals surface area (Å²) in [6.07, 6.45) is 1.78. The van der Waals surface area contributed by atoms with E-state index in [2.05, 4.69) is 32.2 Å². The number of piperazine rings is 1. The van der Waals surface area contributed by atoms with Gasteiger partial charge in [-0.2, -0.15) is 0 Å². The van der Waals surface area contributed by atoms with Gasteiger partial charge in [0.1, 0.15) is 5.69 Å². The number of pyridine rings is 1. The number of hydrogen-bond acceptors (Lipinski definition) is 7. The first-order valence-electron chi connectivity index (χ1n) is 9.82. The average Bonchev–Trinajstić information content (AvgIpc) is 3.22. The molecule has 29 heavy (non-hydrogen) atoms. The highest BCUT2D eigenvalue weighted by Gasteiger charge is 2.19. The van der Waals surface area contributed by atoms with Crippen molar-refractivity contribution in [1.29, 1.82) is 0 Å². The fraction of sp³-hybridized carbons (Fsp3) is 0.429. The van der Waals surface area contributed by atoms with Crippen LogP contribution in [0, 0.1) is 0 Å². The smallest absolute Gasteiger partial charge is 0.269 e. The molecule has 0 bridgehead atoms. The molecule has 1 N–H and O–H groups in total. The molecule has 1 amide bonds. The number of anilines is 1. The van der Waals surface area contributed by atoms with Crippen LogP contribution in [0.2, 0.25) is 0 Å². The Hall–Kier alpha value is -2.84. The average molecular weight is 398 g/mol. The van der Waals surface area contributed by atoms with Crippen LogP contribution in [0.1, 0.15) is 16.1 Å². The number of rotatable bonds is 7. The molecule has 0 saturated carbocycles. The molecule has 8 nitrogen and oxygen atoms in total. The standard InChI is InChI=1S/C21H26N4O4/c1-27-11-6-22-21(26)18-4-3-17(13-23-18)25-9-7-24(8-10-25)14-16-2-5-19-20(12-16)29-15-28-19/h2-5,12-13H,6-11,14-15H2,1H3,(H,22,26). The third-order valence-corrected chi connectivity index (χ3v) is 5.15. The summed E-state index contributed by atoms with van der Waals surface area (Å²) in [5.41, 5.74) is 2.70. The number of aromatic nitrogens is 1. The fourth-order valence-electron chi connectivity index (χ4n) is 3.53. The molecular weight excluding hydrogens is 372 g/mol. The Morgan fingerprint density at radius 2 is 1.97 bits per heavy atom. The molecule has 154 valence electrons. The first-order chi connectivity index (χ1) is 14.2. The number of benzene rings is 1. The van der Waals surface area contributed by atoms with Crippen LogP contribution in [0.5, 0.6) is 11.5 Å². The molecule has 3 heterocycles. The van der Waals surface area contributed by atoms with E-state index in [-0.39, 0.29) is 5.91 Å². The van der Waals surface area contributed by atoms with E-state index in [0.29, 0.717) is 25.6 Å². The Morgan fingerprint density at radius 3 is 2.72 bits per heavy atom. The number of nitrogens with zero attached hydrogens (tertiary/aromatic N) is 3. The molecule has 1 saturated heterocycles. The van der Waals surface area contributed by atoms with Crippen molar-refractivity contribution >= 4 is 11.6 Å². The number of amides is 1. The largest absolute Gasteiger partial charge is 0.454 e. The summed E-state index contributed by atoms with van der Waals surface area (Å²) in [6, 6.07) is 9.88. The number of fused-ring (bicyclic) bond motifs is 1. The highest BCUT2D eigenvalue weighted by Crippen LogP contribution is 2.32. The minimum Gasteiger partial charge on any atom is -0.454 e. The summed E-state index contributed by atoms with van der Waals surface area (Å²) in [5.74, 6) is 1.47. The Kier molecular flexibility index (Phi) is 6.12. The van der Waals surface area contributed by atoms with Gasteiger partial charge in [0.25, 0.3) is 5.91 Å². The number of carbonyl (C=O) groups is 1. The van der Waals surface area contributed by atoms with E-state index < -0.39 is 0 Å². The van der Waals surface area contributed by atoms with E-state index in [1.165, 1.54) is 5.56 Å². The van der Waals surface area contributed by atoms with Crippen molar-refractivity contribution in [2.75, 3.05) is 58.1 Å². The number of ether oxygens (including phenoxy) is 3. The van der Waals surface area contributed by atoms with E-state index >= 15 is 0 Å². The Bertz CT molecular complexity index is 835. The van der Waals surface area contributed by atoms with Gasteiger partial charge >= 0.3 is 0 Å². The third-order valence-electron chi connectivity index (χ3n) is 5.15. The van der Waals surface area contributed by atoms with E-state index in [9.17, 15) is 4.79 Å². The summed E-state index contributed by atoms with van der Waals surface area (Å²) < 4.78 is 15.8. The SMILES string of the molecule is COCCNC(=O)c1ccc(N2CCN(Cc3ccc4c(c3)OCO4)CC2)cn1. The quantitative estimate of drug-likeness (QED) is 0.709. The Labute approximate surface area is 170 Å². The van der Waals surface area contributed by atoms with Crippen molar-refractivity contribution in [3.05, 3.63) is 47.8 Å². The molecule has 8 heteroatoms. The minimum absolute atomic E-state index is 0.179. The van der Waals surface area contributed by atoms with E-state index in [4.69, 9.17) is 14.2 Å². The fourth-order valence-corrected chi connectivity index (χ4v) is 3.53. The van der Waals surface area contributed by atoms with Gasteiger partial charge < -0.3 is 24.4 Å². The minimum atomic E-state index is -0.179. The van der Waals surface area contributed by atoms with Crippen molar-refractivity contribution in [1.82, 2.24) is 15.2 Å². The molecule has 1 aromatic heterocycles. The van der Waals surface area contributed by atoms with Crippen LogP contribution in [0.3, 0.4) is 0 Å². The highest BCUT2D eigenvalue weighted by molar-refractivity contribution is 5.92. The van der Waals surface area contributed by atoms with Crippen LogP contribution in [0.25, 0.3) is 0 Å². The van der Waals surface area contributed by atoms with Gasteiger partial charge in [0.15, 0.2) is 11.5 Å². The van der Waals surface area contributed by atoms with Gasteiger partial charge in [0.2, 0.25) is 6.79 Å². The second kappa shape index (κ2) is 9.11. The molecule has 0 unspecified atom stereocenters. The van der Waals surface area contributed by atoms with Gasteiger partial charge in [0, 0.05) is 46.4 Å². The highest BCUT2D eigenvalue weighted by atomic mass is 16.7. The molecule has 2 aromatic rings. The van der Waals surface area contributed by atoms with E-state index in [1.807, 2.05) is 12.1 Å². The van der Waals surface area contributed by atoms with Gasteiger partial charge in [-0.15, -0.1) is 0 Å². The molecule has 1 aromatic carbocycles. The van der Waals surface area contributed by atoms with Gasteiger partial charge in [0.05, 0.1) is 18.5 Å². The maximum Gasteiger partial charge on any atom is 0.269 e. The Balaban J connectivity index is 1.27. The van der Waals surface area contributed by atoms with Crippen molar-refractivity contribution in [2.45, 2.75) is 6.54 Å². The number of methoxy groups -OCH3 is 1. The third kappa shape index (κ3) is 4.78. The van der Waals surface area contributed by atoms with Gasteiger partial charge in [-0.25, -0.2) is 4.98 Å². The van der Waals surface area contributed by atoms with Crippen LogP contribution in [0.15, 0.2) is 36.5 Å². The number of hydrogen-bond donors (Lipinski definition) is 1. The van der Waals surface area contributed by atoms with Crippen LogP contribution >= 0.6 is 0 Å². The topological polar surface area (TPSA) is 76.2 Å². The number of nitrogens with one attached hydrogen (secondary N) is 1. The molecule has 2 aliphatic rings. The molecule has 1 fully saturated rings. The summed E-state index contributed by atoms with van der Waals surface area (Å²) in [7, 11) is 1.61. The van der Waals surface area contributed by atoms with Gasteiger partial charge in [-0.1, -0.05) is 6.07 Å². The van der Waals surface area contributed by atoms with Crippen molar-refractivity contribution in [3.63, 3.8) is 0 Å². The zero-order valence-electron chi connectivity index (χ0n) is 16.6. The van der Waals surface area contributed by atoms with Gasteiger partial charge in [-0.05, 0) is 29.8 Å². The van der Waals surface area contributed by atoms with Crippen molar-refractivity contribution in [2.24, 2.45) is 0 Å². The number of carbonyl (C=O) groups excluding carboxylic acids is 1. The maximum absolute atomic E-state index is 12.0. The Morgan fingerprint density at radius 1 is 1.14 bits per heavy atom. The zero-order chi connectivity index (χ0) is 20.1. The first kappa shape index (κ1) is 19.5. The first-order valence-corrected chi connectivity index (χ1v) is 9.82. The molecule has 0 radical (unpaired) electrons. The normalized spacial score (nSPS) is 16.1. The van der Waals surface area contributed by atoms with Gasteiger partial charge in [-0.3, -0.25) is 9.69 Å². The molecule has 0 atom stereocenters. The van der Waals surface area contributed by atoms with Crippen LogP contribution in [-0.2, 0) is 11.3 Å². The predicted octanol–water partition coefficient (Wildman–Crippen LogP) is 1.51. The molecular formula is C21H26N4O4. The lowest BCUT2D eigenvalue weighted by Crippen LogP contribution is -2.46. The molecule has 4 rings (SSSR count). The summed E-state index contributed by atoms with van der Waals surface area (Å²) in [5, 5.41) is 2.78. The van der Waals surface area contributed by atoms with Crippen LogP contribution in [-0.4, -0.2) is 69.0 Å². The van der Waals surface area contributed by atoms with Crippen LogP contribution in [0.4, 0.5) is 5.69 Å². The second-order valence-corrected chi connectivity index (χ2v) is 7.10. The molecule has 2 aliphatic heterocycles. The monoisotopic (exact) mass is 398 g/mol. The summed E-state index contributed by atoms with van der Waals surface area (Å²) in [6.45, 7) is 5.94. The lowest BCUT2D eigenvalue weighted by Gasteiger charge is -2.36. The van der Waals surface area contributed by atoms with Crippen LogP contribution < -0.4 is 19.7 Å². The predicted molar refractivity (Wildman–Crippen MR) is 109 cm³/mol. The van der Waals surface area contributed by atoms with Crippen molar-refractivity contribution < 1.29 is 19.0 Å². The maximum atomic E-state index is 12.0. The van der Waals surface area contributed by atoms with E-state index in [0.717, 1.165) is 49.9 Å². The molecule has 0 aliphatic carbocycles. The van der Waals surface area contributed by atoms with E-state index in [1.54, 1.807) is 19.4 Å². The summed E-state index contributed by atoms with van der Waals surface area (Å²) in [4.78, 5) is 21.1. The zero-order valence-corrected chi connectivity index (χ0v) is 16.6. The molecule has 0 spiro atoms. The lowest BCUT2D eigenvalue weighted by molar-refractivity contribution is 0.0932. The second-order valence-electron chi connectivity index (χ2n) is 7.10.